The van der Waals surface area contributed by atoms with Gasteiger partial charge in [-0.3, -0.25) is 4.79 Å². The van der Waals surface area contributed by atoms with Crippen LogP contribution in [0.5, 0.6) is 0 Å². The van der Waals surface area contributed by atoms with Crippen LogP contribution < -0.4 is 5.32 Å². The summed E-state index contributed by atoms with van der Waals surface area (Å²) in [5.41, 5.74) is 2.04. The molecule has 0 aliphatic carbocycles. The quantitative estimate of drug-likeness (QED) is 0.861. The van der Waals surface area contributed by atoms with Crippen LogP contribution in [-0.2, 0) is 9.53 Å². The lowest BCUT2D eigenvalue weighted by Crippen LogP contribution is -2.48. The van der Waals surface area contributed by atoms with Gasteiger partial charge in [0.15, 0.2) is 0 Å². The largest absolute Gasteiger partial charge is 0.380 e. The zero-order valence-electron chi connectivity index (χ0n) is 11.2. The molecule has 0 aromatic heterocycles. The molecule has 1 fully saturated rings. The predicted octanol–water partition coefficient (Wildman–Crippen LogP) is 2.81. The fourth-order valence-electron chi connectivity index (χ4n) is 1.80. The van der Waals surface area contributed by atoms with E-state index in [2.05, 4.69) is 12.2 Å². The predicted molar refractivity (Wildman–Crippen MR) is 77.2 cm³/mol. The van der Waals surface area contributed by atoms with Crippen molar-refractivity contribution in [3.63, 3.8) is 0 Å². The van der Waals surface area contributed by atoms with Crippen molar-refractivity contribution in [3.05, 3.63) is 40.4 Å². The standard InChI is InChI=1S/C15H18ClNO2/c1-11-3-4-12(7-13(11)16)5-6-14(18)17-8-15(2)9-19-10-15/h3-7H,8-10H2,1-2H3,(H,17,18). The molecular formula is C15H18ClNO2. The number of ether oxygens (including phenoxy) is 1. The van der Waals surface area contributed by atoms with Gasteiger partial charge in [-0.15, -0.1) is 0 Å². The number of hydrogen-bond acceptors (Lipinski definition) is 2. The summed E-state index contributed by atoms with van der Waals surface area (Å²) in [5, 5.41) is 3.59. The summed E-state index contributed by atoms with van der Waals surface area (Å²) >= 11 is 6.03. The number of amides is 1. The van der Waals surface area contributed by atoms with Crippen molar-refractivity contribution in [2.24, 2.45) is 5.41 Å². The van der Waals surface area contributed by atoms with Crippen LogP contribution in [0.25, 0.3) is 6.08 Å². The summed E-state index contributed by atoms with van der Waals surface area (Å²) < 4.78 is 5.14. The van der Waals surface area contributed by atoms with Crippen LogP contribution in [0.1, 0.15) is 18.1 Å². The van der Waals surface area contributed by atoms with Gasteiger partial charge in [-0.1, -0.05) is 30.7 Å². The lowest BCUT2D eigenvalue weighted by Gasteiger charge is -2.37. The lowest BCUT2D eigenvalue weighted by molar-refractivity contribution is -0.122. The number of aryl methyl sites for hydroxylation is 1. The monoisotopic (exact) mass is 279 g/mol. The number of nitrogens with one attached hydrogen (secondary N) is 1. The van der Waals surface area contributed by atoms with Gasteiger partial charge in [0, 0.05) is 23.1 Å². The van der Waals surface area contributed by atoms with Crippen LogP contribution >= 0.6 is 11.6 Å². The van der Waals surface area contributed by atoms with E-state index in [0.29, 0.717) is 24.8 Å². The van der Waals surface area contributed by atoms with E-state index in [1.165, 1.54) is 6.08 Å². The zero-order chi connectivity index (χ0) is 13.9. The minimum absolute atomic E-state index is 0.0928. The SMILES string of the molecule is Cc1ccc(C=CC(=O)NCC2(C)COC2)cc1Cl. The van der Waals surface area contributed by atoms with Crippen LogP contribution in [0, 0.1) is 12.3 Å². The highest BCUT2D eigenvalue weighted by molar-refractivity contribution is 6.31. The molecule has 0 saturated carbocycles. The van der Waals surface area contributed by atoms with E-state index in [9.17, 15) is 4.79 Å². The van der Waals surface area contributed by atoms with Gasteiger partial charge in [0.05, 0.1) is 13.2 Å². The van der Waals surface area contributed by atoms with E-state index in [1.54, 1.807) is 6.08 Å². The second-order valence-corrected chi connectivity index (χ2v) is 5.77. The molecule has 0 spiro atoms. The van der Waals surface area contributed by atoms with E-state index in [-0.39, 0.29) is 11.3 Å². The molecule has 0 bridgehead atoms. The Morgan fingerprint density at radius 2 is 2.26 bits per heavy atom. The number of halogens is 1. The number of rotatable bonds is 4. The highest BCUT2D eigenvalue weighted by Gasteiger charge is 2.33. The Hall–Kier alpha value is -1.32. The summed E-state index contributed by atoms with van der Waals surface area (Å²) in [6.07, 6.45) is 3.30. The molecule has 1 aromatic carbocycles. The van der Waals surface area contributed by atoms with Gasteiger partial charge in [-0.25, -0.2) is 0 Å². The lowest BCUT2D eigenvalue weighted by atomic mass is 9.89. The molecule has 1 aromatic rings. The molecule has 0 atom stereocenters. The Kier molecular flexibility index (Phi) is 4.27. The number of hydrogen-bond donors (Lipinski definition) is 1. The molecule has 1 aliphatic heterocycles. The van der Waals surface area contributed by atoms with Gasteiger partial charge >= 0.3 is 0 Å². The van der Waals surface area contributed by atoms with Crippen molar-refractivity contribution in [2.45, 2.75) is 13.8 Å². The topological polar surface area (TPSA) is 38.3 Å². The molecular weight excluding hydrogens is 262 g/mol. The average molecular weight is 280 g/mol. The van der Waals surface area contributed by atoms with Crippen LogP contribution in [0.4, 0.5) is 0 Å². The molecule has 0 radical (unpaired) electrons. The maximum Gasteiger partial charge on any atom is 0.244 e. The zero-order valence-corrected chi connectivity index (χ0v) is 12.0. The molecule has 2 rings (SSSR count). The van der Waals surface area contributed by atoms with Crippen LogP contribution in [0.3, 0.4) is 0 Å². The van der Waals surface area contributed by atoms with Gasteiger partial charge in [-0.2, -0.15) is 0 Å². The van der Waals surface area contributed by atoms with Crippen molar-refractivity contribution >= 4 is 23.6 Å². The van der Waals surface area contributed by atoms with Gasteiger partial charge in [0.1, 0.15) is 0 Å². The fourth-order valence-corrected chi connectivity index (χ4v) is 1.99. The van der Waals surface area contributed by atoms with Crippen molar-refractivity contribution in [2.75, 3.05) is 19.8 Å². The van der Waals surface area contributed by atoms with Crippen LogP contribution in [0.15, 0.2) is 24.3 Å². The summed E-state index contributed by atoms with van der Waals surface area (Å²) in [5.74, 6) is -0.0928. The van der Waals surface area contributed by atoms with E-state index in [1.807, 2.05) is 25.1 Å². The second-order valence-electron chi connectivity index (χ2n) is 5.36. The summed E-state index contributed by atoms with van der Waals surface area (Å²) in [7, 11) is 0. The molecule has 19 heavy (non-hydrogen) atoms. The van der Waals surface area contributed by atoms with Gasteiger partial charge in [0.2, 0.25) is 5.91 Å². The summed E-state index contributed by atoms with van der Waals surface area (Å²) in [6.45, 7) is 6.12. The smallest absolute Gasteiger partial charge is 0.244 e. The van der Waals surface area contributed by atoms with E-state index in [0.717, 1.165) is 11.1 Å². The highest BCUT2D eigenvalue weighted by Crippen LogP contribution is 2.25. The van der Waals surface area contributed by atoms with Gasteiger partial charge < -0.3 is 10.1 Å². The molecule has 1 saturated heterocycles. The molecule has 1 N–H and O–H groups in total. The Balaban J connectivity index is 1.87. The first-order chi connectivity index (χ1) is 8.98. The van der Waals surface area contributed by atoms with Crippen LogP contribution in [-0.4, -0.2) is 25.7 Å². The van der Waals surface area contributed by atoms with Crippen molar-refractivity contribution in [1.82, 2.24) is 5.32 Å². The number of carbonyl (C=O) groups excluding carboxylic acids is 1. The Bertz CT molecular complexity index is 507. The summed E-state index contributed by atoms with van der Waals surface area (Å²) in [4.78, 5) is 11.7. The first kappa shape index (κ1) is 14.1. The molecule has 3 nitrogen and oxygen atoms in total. The third kappa shape index (κ3) is 3.82. The molecule has 1 heterocycles. The summed E-state index contributed by atoms with van der Waals surface area (Å²) in [6, 6.07) is 5.72. The Morgan fingerprint density at radius 1 is 1.53 bits per heavy atom. The third-order valence-electron chi connectivity index (χ3n) is 3.21. The number of benzene rings is 1. The maximum atomic E-state index is 11.7. The Labute approximate surface area is 118 Å². The molecule has 0 unspecified atom stereocenters. The second kappa shape index (κ2) is 5.76. The first-order valence-corrected chi connectivity index (χ1v) is 6.66. The third-order valence-corrected chi connectivity index (χ3v) is 3.62. The highest BCUT2D eigenvalue weighted by atomic mass is 35.5. The van der Waals surface area contributed by atoms with E-state index >= 15 is 0 Å². The van der Waals surface area contributed by atoms with E-state index in [4.69, 9.17) is 16.3 Å². The van der Waals surface area contributed by atoms with Crippen molar-refractivity contribution < 1.29 is 9.53 Å². The normalized spacial score (nSPS) is 17.2. The maximum absolute atomic E-state index is 11.7. The van der Waals surface area contributed by atoms with Gasteiger partial charge in [0.25, 0.3) is 0 Å². The minimum Gasteiger partial charge on any atom is -0.380 e. The van der Waals surface area contributed by atoms with Gasteiger partial charge in [-0.05, 0) is 30.2 Å². The molecule has 102 valence electrons. The Morgan fingerprint density at radius 3 is 2.84 bits per heavy atom. The van der Waals surface area contributed by atoms with Crippen LogP contribution in [0.2, 0.25) is 5.02 Å². The fraction of sp³-hybridized carbons (Fsp3) is 0.400. The molecule has 1 amide bonds. The first-order valence-electron chi connectivity index (χ1n) is 6.28. The molecule has 4 heteroatoms. The van der Waals surface area contributed by atoms with E-state index < -0.39 is 0 Å². The van der Waals surface area contributed by atoms with Crippen molar-refractivity contribution in [1.29, 1.82) is 0 Å². The van der Waals surface area contributed by atoms with Crippen molar-refractivity contribution in [3.8, 4) is 0 Å². The average Bonchev–Trinajstić information content (AvgIpc) is 2.35. The number of carbonyl (C=O) groups is 1. The minimum atomic E-state index is -0.0928. The molecule has 1 aliphatic rings.